The number of hydrogen-bond acceptors (Lipinski definition) is 3. The fraction of sp³-hybridized carbons (Fsp3) is 0.167. The third-order valence-electron chi connectivity index (χ3n) is 3.38. The molecule has 4 heteroatoms. The molecule has 0 saturated heterocycles. The molecule has 3 rings (SSSR count). The maximum atomic E-state index is 5.79. The summed E-state index contributed by atoms with van der Waals surface area (Å²) in [5, 5.41) is 4.33. The van der Waals surface area contributed by atoms with Crippen molar-refractivity contribution in [3.63, 3.8) is 0 Å². The van der Waals surface area contributed by atoms with Gasteiger partial charge in [0.2, 0.25) is 0 Å². The highest BCUT2D eigenvalue weighted by molar-refractivity contribution is 5.33. The second kappa shape index (κ2) is 6.80. The van der Waals surface area contributed by atoms with Crippen LogP contribution in [0.4, 0.5) is 0 Å². The summed E-state index contributed by atoms with van der Waals surface area (Å²) >= 11 is 0. The Morgan fingerprint density at radius 3 is 2.59 bits per heavy atom. The Hall–Kier alpha value is -2.75. The van der Waals surface area contributed by atoms with Crippen LogP contribution >= 0.6 is 0 Å². The third-order valence-corrected chi connectivity index (χ3v) is 3.38. The molecule has 4 nitrogen and oxygen atoms in total. The molecular formula is C18H18N2O2. The smallest absolute Gasteiger partial charge is 0.157 e. The van der Waals surface area contributed by atoms with Crippen LogP contribution in [-0.2, 0) is 13.2 Å². The number of rotatable bonds is 6. The van der Waals surface area contributed by atoms with E-state index in [1.165, 1.54) is 5.56 Å². The molecule has 2 aromatic carbocycles. The molecule has 1 aromatic heterocycles. The lowest BCUT2D eigenvalue weighted by molar-refractivity contribution is 0.296. The summed E-state index contributed by atoms with van der Waals surface area (Å²) in [5.74, 6) is 1.58. The number of aromatic nitrogens is 2. The van der Waals surface area contributed by atoms with Crippen molar-refractivity contribution in [2.24, 2.45) is 0 Å². The van der Waals surface area contributed by atoms with E-state index in [1.54, 1.807) is 13.3 Å². The van der Waals surface area contributed by atoms with E-state index >= 15 is 0 Å². The first-order chi connectivity index (χ1) is 10.8. The van der Waals surface area contributed by atoms with E-state index in [9.17, 15) is 0 Å². The molecular weight excluding hydrogens is 276 g/mol. The molecule has 0 bridgehead atoms. The molecule has 112 valence electrons. The number of para-hydroxylation sites is 1. The van der Waals surface area contributed by atoms with Gasteiger partial charge in [0.1, 0.15) is 12.4 Å². The van der Waals surface area contributed by atoms with Gasteiger partial charge in [0.15, 0.2) is 5.75 Å². The fourth-order valence-corrected chi connectivity index (χ4v) is 2.26. The molecule has 0 N–H and O–H groups in total. The second-order valence-electron chi connectivity index (χ2n) is 4.96. The summed E-state index contributed by atoms with van der Waals surface area (Å²) in [6.45, 7) is 1.19. The van der Waals surface area contributed by atoms with Crippen LogP contribution < -0.4 is 9.47 Å². The number of hydrogen-bond donors (Lipinski definition) is 0. The van der Waals surface area contributed by atoms with Gasteiger partial charge in [-0.05, 0) is 11.6 Å². The first-order valence-electron chi connectivity index (χ1n) is 7.16. The van der Waals surface area contributed by atoms with Gasteiger partial charge < -0.3 is 9.47 Å². The molecule has 0 radical (unpaired) electrons. The fourth-order valence-electron chi connectivity index (χ4n) is 2.26. The van der Waals surface area contributed by atoms with E-state index in [0.29, 0.717) is 6.61 Å². The number of ether oxygens (including phenoxy) is 2. The van der Waals surface area contributed by atoms with Gasteiger partial charge >= 0.3 is 0 Å². The topological polar surface area (TPSA) is 36.3 Å². The van der Waals surface area contributed by atoms with Gasteiger partial charge in [0, 0.05) is 5.56 Å². The zero-order chi connectivity index (χ0) is 15.2. The lowest BCUT2D eigenvalue weighted by Crippen LogP contribution is -2.00. The van der Waals surface area contributed by atoms with E-state index in [4.69, 9.17) is 9.47 Å². The van der Waals surface area contributed by atoms with Crippen LogP contribution in [0.2, 0.25) is 0 Å². The molecule has 0 amide bonds. The van der Waals surface area contributed by atoms with E-state index in [-0.39, 0.29) is 0 Å². The quantitative estimate of drug-likeness (QED) is 0.698. The summed E-state index contributed by atoms with van der Waals surface area (Å²) in [4.78, 5) is 0. The van der Waals surface area contributed by atoms with Crippen LogP contribution in [0.15, 0.2) is 67.0 Å². The van der Waals surface area contributed by atoms with Gasteiger partial charge in [-0.25, -0.2) is 0 Å². The van der Waals surface area contributed by atoms with Gasteiger partial charge in [-0.2, -0.15) is 5.10 Å². The van der Waals surface area contributed by atoms with Crippen LogP contribution in [0.1, 0.15) is 11.1 Å². The Kier molecular flexibility index (Phi) is 4.39. The van der Waals surface area contributed by atoms with Crippen molar-refractivity contribution in [1.29, 1.82) is 0 Å². The molecule has 0 saturated carbocycles. The Labute approximate surface area is 129 Å². The van der Waals surface area contributed by atoms with Crippen molar-refractivity contribution in [3.05, 3.63) is 78.1 Å². The van der Waals surface area contributed by atoms with Gasteiger partial charge in [0.05, 0.1) is 26.0 Å². The summed E-state index contributed by atoms with van der Waals surface area (Å²) in [6, 6.07) is 18.1. The molecule has 0 unspecified atom stereocenters. The summed E-state index contributed by atoms with van der Waals surface area (Å²) in [5.41, 5.74) is 2.22. The normalized spacial score (nSPS) is 10.4. The van der Waals surface area contributed by atoms with Crippen molar-refractivity contribution in [1.82, 2.24) is 9.78 Å². The Bertz CT molecular complexity index is 723. The van der Waals surface area contributed by atoms with E-state index in [2.05, 4.69) is 17.2 Å². The van der Waals surface area contributed by atoms with Crippen molar-refractivity contribution < 1.29 is 9.47 Å². The summed E-state index contributed by atoms with van der Waals surface area (Å²) in [6.07, 6.45) is 3.64. The number of methoxy groups -OCH3 is 1. The molecule has 1 heterocycles. The van der Waals surface area contributed by atoms with Gasteiger partial charge in [-0.15, -0.1) is 0 Å². The monoisotopic (exact) mass is 294 g/mol. The first kappa shape index (κ1) is 14.2. The molecule has 0 fully saturated rings. The van der Waals surface area contributed by atoms with Crippen molar-refractivity contribution in [2.75, 3.05) is 7.11 Å². The second-order valence-corrected chi connectivity index (χ2v) is 4.96. The molecule has 0 aliphatic carbocycles. The first-order valence-corrected chi connectivity index (χ1v) is 7.16. The summed E-state index contributed by atoms with van der Waals surface area (Å²) in [7, 11) is 1.66. The zero-order valence-corrected chi connectivity index (χ0v) is 12.5. The minimum atomic E-state index is 0.459. The number of nitrogens with zero attached hydrogens (tertiary/aromatic N) is 2. The lowest BCUT2D eigenvalue weighted by atomic mass is 10.2. The highest BCUT2D eigenvalue weighted by Gasteiger charge is 2.04. The summed E-state index contributed by atoms with van der Waals surface area (Å²) < 4.78 is 13.0. The highest BCUT2D eigenvalue weighted by Crippen LogP contribution is 2.20. The average Bonchev–Trinajstić information content (AvgIpc) is 3.01. The minimum absolute atomic E-state index is 0.459. The van der Waals surface area contributed by atoms with Crippen LogP contribution in [0, 0.1) is 0 Å². The van der Waals surface area contributed by atoms with Crippen molar-refractivity contribution in [2.45, 2.75) is 13.2 Å². The predicted molar refractivity (Wildman–Crippen MR) is 85.1 cm³/mol. The molecule has 0 spiro atoms. The maximum Gasteiger partial charge on any atom is 0.157 e. The maximum absolute atomic E-state index is 5.79. The van der Waals surface area contributed by atoms with Crippen LogP contribution in [0.3, 0.4) is 0 Å². The Morgan fingerprint density at radius 1 is 1.00 bits per heavy atom. The minimum Gasteiger partial charge on any atom is -0.496 e. The Balaban J connectivity index is 1.62. The highest BCUT2D eigenvalue weighted by atomic mass is 16.5. The van der Waals surface area contributed by atoms with Crippen LogP contribution in [-0.4, -0.2) is 16.9 Å². The zero-order valence-electron chi connectivity index (χ0n) is 12.5. The van der Waals surface area contributed by atoms with Crippen LogP contribution in [0.5, 0.6) is 11.5 Å². The van der Waals surface area contributed by atoms with Gasteiger partial charge in [-0.1, -0.05) is 48.5 Å². The van der Waals surface area contributed by atoms with Crippen LogP contribution in [0.25, 0.3) is 0 Å². The number of benzene rings is 2. The molecule has 22 heavy (non-hydrogen) atoms. The van der Waals surface area contributed by atoms with Gasteiger partial charge in [0.25, 0.3) is 0 Å². The SMILES string of the molecule is COc1ccccc1COc1cnn(Cc2ccccc2)c1. The Morgan fingerprint density at radius 2 is 1.77 bits per heavy atom. The molecule has 3 aromatic rings. The van der Waals surface area contributed by atoms with E-state index < -0.39 is 0 Å². The average molecular weight is 294 g/mol. The third kappa shape index (κ3) is 3.47. The lowest BCUT2D eigenvalue weighted by Gasteiger charge is -2.08. The van der Waals surface area contributed by atoms with Gasteiger partial charge in [-0.3, -0.25) is 4.68 Å². The predicted octanol–water partition coefficient (Wildman–Crippen LogP) is 3.52. The standard InChI is InChI=1S/C18H18N2O2/c1-21-18-10-6-5-9-16(18)14-22-17-11-19-20(13-17)12-15-7-3-2-4-8-15/h2-11,13H,12,14H2,1H3. The van der Waals surface area contributed by atoms with Crippen molar-refractivity contribution in [3.8, 4) is 11.5 Å². The molecule has 0 aliphatic heterocycles. The van der Waals surface area contributed by atoms with Crippen molar-refractivity contribution >= 4 is 0 Å². The van der Waals surface area contributed by atoms with E-state index in [1.807, 2.05) is 53.3 Å². The van der Waals surface area contributed by atoms with E-state index in [0.717, 1.165) is 23.6 Å². The molecule has 0 atom stereocenters. The molecule has 0 aliphatic rings. The largest absolute Gasteiger partial charge is 0.496 e.